The SMILES string of the molecule is CCOC(=O)c1sc2nc(SCC#N)n(Cc3cccs3)c(=O)c2c1C. The van der Waals surface area contributed by atoms with E-state index in [1.807, 2.05) is 17.5 Å². The zero-order chi connectivity index (χ0) is 18.7. The average molecular weight is 406 g/mol. The summed E-state index contributed by atoms with van der Waals surface area (Å²) in [6, 6.07) is 5.93. The molecule has 26 heavy (non-hydrogen) atoms. The van der Waals surface area contributed by atoms with E-state index in [0.717, 1.165) is 16.2 Å². The largest absolute Gasteiger partial charge is 0.462 e. The van der Waals surface area contributed by atoms with E-state index in [4.69, 9.17) is 10.00 Å². The van der Waals surface area contributed by atoms with Gasteiger partial charge in [-0.15, -0.1) is 22.7 Å². The van der Waals surface area contributed by atoms with E-state index in [1.54, 1.807) is 29.8 Å². The third kappa shape index (κ3) is 3.53. The molecular formula is C17H15N3O3S3. The lowest BCUT2D eigenvalue weighted by Crippen LogP contribution is -2.23. The molecule has 0 saturated heterocycles. The molecule has 3 rings (SSSR count). The van der Waals surface area contributed by atoms with Crippen LogP contribution in [0.3, 0.4) is 0 Å². The molecule has 9 heteroatoms. The summed E-state index contributed by atoms with van der Waals surface area (Å²) in [5, 5.41) is 11.8. The first-order chi connectivity index (χ1) is 12.6. The first kappa shape index (κ1) is 18.6. The summed E-state index contributed by atoms with van der Waals surface area (Å²) in [6.07, 6.45) is 0. The molecular weight excluding hydrogens is 390 g/mol. The van der Waals surface area contributed by atoms with Gasteiger partial charge in [-0.05, 0) is 30.9 Å². The molecule has 3 heterocycles. The van der Waals surface area contributed by atoms with Gasteiger partial charge in [0.05, 0.1) is 30.4 Å². The molecule has 0 aliphatic carbocycles. The maximum atomic E-state index is 13.1. The highest BCUT2D eigenvalue weighted by atomic mass is 32.2. The van der Waals surface area contributed by atoms with E-state index in [-0.39, 0.29) is 17.9 Å². The first-order valence-electron chi connectivity index (χ1n) is 7.80. The second kappa shape index (κ2) is 8.03. The summed E-state index contributed by atoms with van der Waals surface area (Å²) >= 11 is 3.93. The highest BCUT2D eigenvalue weighted by Gasteiger charge is 2.22. The summed E-state index contributed by atoms with van der Waals surface area (Å²) in [4.78, 5) is 31.8. The lowest BCUT2D eigenvalue weighted by Gasteiger charge is -2.10. The van der Waals surface area contributed by atoms with Crippen molar-refractivity contribution in [2.45, 2.75) is 25.5 Å². The number of thiophene rings is 2. The van der Waals surface area contributed by atoms with Gasteiger partial charge in [0.2, 0.25) is 0 Å². The molecule has 0 radical (unpaired) electrons. The van der Waals surface area contributed by atoms with Gasteiger partial charge < -0.3 is 4.74 Å². The molecule has 0 atom stereocenters. The molecule has 0 aliphatic rings. The number of nitriles is 1. The molecule has 0 bridgehead atoms. The standard InChI is InChI=1S/C17H15N3O3S3/c1-3-23-16(22)13-10(2)12-14(26-13)19-17(25-8-6-18)20(15(12)21)9-11-5-4-7-24-11/h4-5,7H,3,8-9H2,1-2H3. The van der Waals surface area contributed by atoms with Gasteiger partial charge >= 0.3 is 5.97 Å². The second-order valence-electron chi connectivity index (χ2n) is 5.27. The van der Waals surface area contributed by atoms with E-state index in [0.29, 0.717) is 32.4 Å². The predicted octanol–water partition coefficient (Wildman–Crippen LogP) is 3.67. The van der Waals surface area contributed by atoms with Crippen molar-refractivity contribution in [3.05, 3.63) is 43.2 Å². The minimum absolute atomic E-state index is 0.192. The number of hydrogen-bond donors (Lipinski definition) is 0. The number of nitrogens with zero attached hydrogens (tertiary/aromatic N) is 3. The smallest absolute Gasteiger partial charge is 0.348 e. The topological polar surface area (TPSA) is 85.0 Å². The molecule has 0 aromatic carbocycles. The van der Waals surface area contributed by atoms with Gasteiger partial charge in [0.25, 0.3) is 5.56 Å². The van der Waals surface area contributed by atoms with Crippen LogP contribution in [0, 0.1) is 18.3 Å². The van der Waals surface area contributed by atoms with Crippen molar-refractivity contribution in [3.8, 4) is 6.07 Å². The van der Waals surface area contributed by atoms with Crippen molar-refractivity contribution >= 4 is 50.6 Å². The van der Waals surface area contributed by atoms with Crippen molar-refractivity contribution < 1.29 is 9.53 Å². The van der Waals surface area contributed by atoms with Crippen molar-refractivity contribution in [2.75, 3.05) is 12.4 Å². The van der Waals surface area contributed by atoms with Crippen LogP contribution < -0.4 is 5.56 Å². The Morgan fingerprint density at radius 1 is 1.50 bits per heavy atom. The zero-order valence-corrected chi connectivity index (χ0v) is 16.6. The van der Waals surface area contributed by atoms with E-state index in [2.05, 4.69) is 11.1 Å². The Balaban J connectivity index is 2.18. The van der Waals surface area contributed by atoms with E-state index in [9.17, 15) is 9.59 Å². The Bertz CT molecular complexity index is 1050. The van der Waals surface area contributed by atoms with Crippen molar-refractivity contribution in [1.29, 1.82) is 5.26 Å². The van der Waals surface area contributed by atoms with Crippen LogP contribution in [-0.2, 0) is 11.3 Å². The molecule has 6 nitrogen and oxygen atoms in total. The quantitative estimate of drug-likeness (QED) is 0.353. The van der Waals surface area contributed by atoms with Gasteiger partial charge in [0, 0.05) is 4.88 Å². The van der Waals surface area contributed by atoms with Crippen LogP contribution in [-0.4, -0.2) is 27.9 Å². The fourth-order valence-electron chi connectivity index (χ4n) is 2.49. The van der Waals surface area contributed by atoms with E-state index < -0.39 is 5.97 Å². The van der Waals surface area contributed by atoms with Gasteiger partial charge in [-0.3, -0.25) is 9.36 Å². The lowest BCUT2D eigenvalue weighted by atomic mass is 10.2. The zero-order valence-electron chi connectivity index (χ0n) is 14.1. The molecule has 3 aromatic rings. The Kier molecular flexibility index (Phi) is 5.76. The Hall–Kier alpha value is -2.15. The molecule has 134 valence electrons. The van der Waals surface area contributed by atoms with Crippen molar-refractivity contribution in [2.24, 2.45) is 0 Å². The maximum Gasteiger partial charge on any atom is 0.348 e. The van der Waals surface area contributed by atoms with Gasteiger partial charge in [-0.1, -0.05) is 17.8 Å². The van der Waals surface area contributed by atoms with Crippen LogP contribution in [0.5, 0.6) is 0 Å². The number of thioether (sulfide) groups is 1. The number of aromatic nitrogens is 2. The molecule has 3 aromatic heterocycles. The normalized spacial score (nSPS) is 10.8. The number of aryl methyl sites for hydroxylation is 1. The minimum Gasteiger partial charge on any atom is -0.462 e. The van der Waals surface area contributed by atoms with Crippen molar-refractivity contribution in [1.82, 2.24) is 9.55 Å². The third-order valence-electron chi connectivity index (χ3n) is 3.64. The van der Waals surface area contributed by atoms with Crippen LogP contribution in [0.25, 0.3) is 10.2 Å². The molecule has 0 unspecified atom stereocenters. The lowest BCUT2D eigenvalue weighted by molar-refractivity contribution is 0.0531. The minimum atomic E-state index is -0.441. The maximum absolute atomic E-state index is 13.1. The van der Waals surface area contributed by atoms with Gasteiger partial charge in [0.15, 0.2) is 5.16 Å². The summed E-state index contributed by atoms with van der Waals surface area (Å²) in [6.45, 7) is 4.14. The monoisotopic (exact) mass is 405 g/mol. The average Bonchev–Trinajstić information content (AvgIpc) is 3.24. The van der Waals surface area contributed by atoms with Gasteiger partial charge in [0.1, 0.15) is 9.71 Å². The molecule has 0 fully saturated rings. The number of hydrogen-bond acceptors (Lipinski definition) is 8. The highest BCUT2D eigenvalue weighted by molar-refractivity contribution is 7.99. The van der Waals surface area contributed by atoms with E-state index >= 15 is 0 Å². The van der Waals surface area contributed by atoms with Crippen LogP contribution >= 0.6 is 34.4 Å². The second-order valence-corrected chi connectivity index (χ2v) is 8.24. The number of rotatable bonds is 6. The molecule has 0 N–H and O–H groups in total. The van der Waals surface area contributed by atoms with Crippen LogP contribution in [0.4, 0.5) is 0 Å². The number of carbonyl (C=O) groups is 1. The van der Waals surface area contributed by atoms with Crippen molar-refractivity contribution in [3.63, 3.8) is 0 Å². The fraction of sp³-hybridized carbons (Fsp3) is 0.294. The number of fused-ring (bicyclic) bond motifs is 1. The Labute approximate surface area is 162 Å². The fourth-order valence-corrected chi connectivity index (χ4v) is 4.96. The summed E-state index contributed by atoms with van der Waals surface area (Å²) in [5.41, 5.74) is 0.394. The van der Waals surface area contributed by atoms with Crippen LogP contribution in [0.15, 0.2) is 27.5 Å². The third-order valence-corrected chi connectivity index (χ3v) is 6.51. The summed E-state index contributed by atoms with van der Waals surface area (Å²) in [7, 11) is 0. The molecule has 0 saturated carbocycles. The summed E-state index contributed by atoms with van der Waals surface area (Å²) in [5.74, 6) is -0.249. The van der Waals surface area contributed by atoms with Crippen LogP contribution in [0.1, 0.15) is 27.0 Å². The first-order valence-corrected chi connectivity index (χ1v) is 10.5. The number of esters is 1. The van der Waals surface area contributed by atoms with Crippen LogP contribution in [0.2, 0.25) is 0 Å². The number of ether oxygens (including phenoxy) is 1. The molecule has 0 amide bonds. The summed E-state index contributed by atoms with van der Waals surface area (Å²) < 4.78 is 6.65. The Morgan fingerprint density at radius 2 is 2.31 bits per heavy atom. The van der Waals surface area contributed by atoms with E-state index in [1.165, 1.54) is 11.8 Å². The predicted molar refractivity (Wildman–Crippen MR) is 104 cm³/mol. The molecule has 0 spiro atoms. The highest BCUT2D eigenvalue weighted by Crippen LogP contribution is 2.30. The Morgan fingerprint density at radius 3 is 2.96 bits per heavy atom. The number of carbonyl (C=O) groups excluding carboxylic acids is 1. The van der Waals surface area contributed by atoms with Gasteiger partial charge in [-0.25, -0.2) is 9.78 Å². The van der Waals surface area contributed by atoms with Gasteiger partial charge in [-0.2, -0.15) is 5.26 Å². The molecule has 0 aliphatic heterocycles.